The molecule has 3 rings (SSSR count). The predicted molar refractivity (Wildman–Crippen MR) is 90.8 cm³/mol. The summed E-state index contributed by atoms with van der Waals surface area (Å²) in [5.41, 5.74) is 2.90. The van der Waals surface area contributed by atoms with Crippen molar-refractivity contribution in [3.63, 3.8) is 0 Å². The smallest absolute Gasteiger partial charge is 0.0714 e. The van der Waals surface area contributed by atoms with Crippen LogP contribution in [0.2, 0.25) is 0 Å². The largest absolute Gasteiger partial charge is 0.380 e. The lowest BCUT2D eigenvalue weighted by Crippen LogP contribution is -2.00. The third-order valence-corrected chi connectivity index (χ3v) is 4.83. The number of hydrogen-bond acceptors (Lipinski definition) is 3. The van der Waals surface area contributed by atoms with Crippen LogP contribution in [0.5, 0.6) is 0 Å². The van der Waals surface area contributed by atoms with Crippen molar-refractivity contribution in [2.45, 2.75) is 17.3 Å². The third-order valence-electron chi connectivity index (χ3n) is 3.47. The summed E-state index contributed by atoms with van der Waals surface area (Å²) in [5.74, 6) is 0.403. The number of pyridine rings is 1. The number of nitrogens with zero attached hydrogens (tertiary/aromatic N) is 2. The van der Waals surface area contributed by atoms with E-state index in [0.717, 1.165) is 21.8 Å². The molecule has 0 saturated heterocycles. The number of hydrogen-bond donors (Lipinski definition) is 0. The molecule has 1 aromatic carbocycles. The summed E-state index contributed by atoms with van der Waals surface area (Å²) >= 11 is 0. The van der Waals surface area contributed by atoms with Crippen LogP contribution in [0.4, 0.5) is 0 Å². The van der Waals surface area contributed by atoms with E-state index in [0.29, 0.717) is 12.4 Å². The lowest BCUT2D eigenvalue weighted by atomic mass is 10.2. The first-order valence-corrected chi connectivity index (χ1v) is 8.62. The van der Waals surface area contributed by atoms with Crippen LogP contribution in [0, 0.1) is 0 Å². The fraction of sp³-hybridized carbons (Fsp3) is 0.167. The minimum atomic E-state index is -1.11. The van der Waals surface area contributed by atoms with Crippen LogP contribution in [0.3, 0.4) is 0 Å². The van der Waals surface area contributed by atoms with Crippen LogP contribution in [-0.2, 0) is 27.9 Å². The molecule has 1 atom stereocenters. The van der Waals surface area contributed by atoms with Crippen LogP contribution in [0.1, 0.15) is 11.3 Å². The highest BCUT2D eigenvalue weighted by molar-refractivity contribution is 7.84. The van der Waals surface area contributed by atoms with Gasteiger partial charge in [0.25, 0.3) is 0 Å². The molecule has 3 aromatic rings. The van der Waals surface area contributed by atoms with Gasteiger partial charge >= 0.3 is 0 Å². The Balaban J connectivity index is 1.72. The molecular formula is C18H18N2O2S. The van der Waals surface area contributed by atoms with Gasteiger partial charge in [-0.15, -0.1) is 0 Å². The van der Waals surface area contributed by atoms with Gasteiger partial charge in [0.15, 0.2) is 0 Å². The topological polar surface area (TPSA) is 44.1 Å². The van der Waals surface area contributed by atoms with Gasteiger partial charge in [-0.2, -0.15) is 0 Å². The molecule has 0 N–H and O–H groups in total. The van der Waals surface area contributed by atoms with E-state index in [1.165, 1.54) is 0 Å². The summed E-state index contributed by atoms with van der Waals surface area (Å²) in [5, 5.41) is 0. The minimum Gasteiger partial charge on any atom is -0.380 e. The number of ether oxygens (including phenoxy) is 1. The second-order valence-electron chi connectivity index (χ2n) is 5.16. The molecule has 0 aliphatic carbocycles. The van der Waals surface area contributed by atoms with Crippen LogP contribution in [0.15, 0.2) is 72.0 Å². The maximum Gasteiger partial charge on any atom is 0.0714 e. The molecule has 2 heterocycles. The first kappa shape index (κ1) is 15.6. The third kappa shape index (κ3) is 3.94. The molecule has 118 valence electrons. The molecular weight excluding hydrogens is 308 g/mol. The zero-order chi connectivity index (χ0) is 16.1. The van der Waals surface area contributed by atoms with E-state index in [9.17, 15) is 4.21 Å². The van der Waals surface area contributed by atoms with Crippen molar-refractivity contribution in [3.05, 3.63) is 78.4 Å². The highest BCUT2D eigenvalue weighted by Crippen LogP contribution is 2.16. The van der Waals surface area contributed by atoms with Crippen molar-refractivity contribution in [3.8, 4) is 5.69 Å². The molecule has 0 aliphatic rings. The Bertz CT molecular complexity index is 783. The van der Waals surface area contributed by atoms with E-state index in [1.54, 1.807) is 13.3 Å². The number of methoxy groups -OCH3 is 1. The molecule has 1 unspecified atom stereocenters. The number of benzene rings is 1. The zero-order valence-electron chi connectivity index (χ0n) is 12.9. The molecule has 0 saturated carbocycles. The van der Waals surface area contributed by atoms with Gasteiger partial charge in [-0.05, 0) is 54.1 Å². The molecule has 0 spiro atoms. The molecule has 5 heteroatoms. The van der Waals surface area contributed by atoms with Gasteiger partial charge in [0.05, 0.1) is 28.9 Å². The van der Waals surface area contributed by atoms with Gasteiger partial charge < -0.3 is 9.30 Å². The fourth-order valence-corrected chi connectivity index (χ4v) is 3.39. The predicted octanol–water partition coefficient (Wildman–Crippen LogP) is 3.33. The maximum absolute atomic E-state index is 12.5. The Kier molecular flexibility index (Phi) is 5.00. The SMILES string of the molecule is COCc1ccnc(CS(=O)c2ccc(-n3cccc3)cc2)c1. The molecule has 0 bridgehead atoms. The number of rotatable bonds is 6. The Morgan fingerprint density at radius 1 is 1.13 bits per heavy atom. The Morgan fingerprint density at radius 2 is 1.87 bits per heavy atom. The van der Waals surface area contributed by atoms with Crippen molar-refractivity contribution in [1.29, 1.82) is 0 Å². The molecule has 0 aliphatic heterocycles. The van der Waals surface area contributed by atoms with E-state index in [-0.39, 0.29) is 0 Å². The second-order valence-corrected chi connectivity index (χ2v) is 6.61. The van der Waals surface area contributed by atoms with Crippen LogP contribution in [-0.4, -0.2) is 20.9 Å². The molecule has 0 radical (unpaired) electrons. The van der Waals surface area contributed by atoms with Crippen LogP contribution >= 0.6 is 0 Å². The Morgan fingerprint density at radius 3 is 2.57 bits per heavy atom. The second kappa shape index (κ2) is 7.35. The van der Waals surface area contributed by atoms with Crippen LogP contribution in [0.25, 0.3) is 5.69 Å². The quantitative estimate of drug-likeness (QED) is 0.698. The van der Waals surface area contributed by atoms with E-state index in [2.05, 4.69) is 4.98 Å². The summed E-state index contributed by atoms with van der Waals surface area (Å²) in [7, 11) is 0.543. The van der Waals surface area contributed by atoms with Gasteiger partial charge in [0, 0.05) is 36.3 Å². The first-order valence-electron chi connectivity index (χ1n) is 7.31. The van der Waals surface area contributed by atoms with E-state index >= 15 is 0 Å². The van der Waals surface area contributed by atoms with Crippen molar-refractivity contribution < 1.29 is 8.95 Å². The lowest BCUT2D eigenvalue weighted by molar-refractivity contribution is 0.185. The van der Waals surface area contributed by atoms with Gasteiger partial charge in [-0.25, -0.2) is 0 Å². The van der Waals surface area contributed by atoms with E-state index < -0.39 is 10.8 Å². The minimum absolute atomic E-state index is 0.403. The molecule has 23 heavy (non-hydrogen) atoms. The van der Waals surface area contributed by atoms with Crippen molar-refractivity contribution in [2.75, 3.05) is 7.11 Å². The summed E-state index contributed by atoms with van der Waals surface area (Å²) in [6.07, 6.45) is 5.70. The monoisotopic (exact) mass is 326 g/mol. The molecule has 0 amide bonds. The van der Waals surface area contributed by atoms with Crippen molar-refractivity contribution >= 4 is 10.8 Å². The highest BCUT2D eigenvalue weighted by Gasteiger charge is 2.07. The Labute approximate surface area is 138 Å². The lowest BCUT2D eigenvalue weighted by Gasteiger charge is -2.06. The molecule has 2 aromatic heterocycles. The summed E-state index contributed by atoms with van der Waals surface area (Å²) < 4.78 is 19.6. The normalized spacial score (nSPS) is 12.2. The van der Waals surface area contributed by atoms with Gasteiger partial charge in [-0.3, -0.25) is 9.19 Å². The van der Waals surface area contributed by atoms with Gasteiger partial charge in [-0.1, -0.05) is 0 Å². The standard InChI is InChI=1S/C18H18N2O2S/c1-22-13-15-8-9-19-16(12-15)14-23(21)18-6-4-17(5-7-18)20-10-2-3-11-20/h2-12H,13-14H2,1H3. The van der Waals surface area contributed by atoms with Crippen molar-refractivity contribution in [2.24, 2.45) is 0 Å². The zero-order valence-corrected chi connectivity index (χ0v) is 13.7. The Hall–Kier alpha value is -2.24. The fourth-order valence-electron chi connectivity index (χ4n) is 2.36. The average molecular weight is 326 g/mol. The maximum atomic E-state index is 12.5. The van der Waals surface area contributed by atoms with Crippen LogP contribution < -0.4 is 0 Å². The summed E-state index contributed by atoms with van der Waals surface area (Å²) in [6, 6.07) is 15.6. The van der Waals surface area contributed by atoms with Crippen molar-refractivity contribution in [1.82, 2.24) is 9.55 Å². The highest BCUT2D eigenvalue weighted by atomic mass is 32.2. The van der Waals surface area contributed by atoms with Gasteiger partial charge in [0.2, 0.25) is 0 Å². The van der Waals surface area contributed by atoms with Gasteiger partial charge in [0.1, 0.15) is 0 Å². The average Bonchev–Trinajstić information content (AvgIpc) is 3.10. The number of aromatic nitrogens is 2. The first-order chi connectivity index (χ1) is 11.3. The summed E-state index contributed by atoms with van der Waals surface area (Å²) in [6.45, 7) is 0.535. The van der Waals surface area contributed by atoms with E-state index in [4.69, 9.17) is 4.74 Å². The molecule has 4 nitrogen and oxygen atoms in total. The molecule has 0 fully saturated rings. The summed E-state index contributed by atoms with van der Waals surface area (Å²) in [4.78, 5) is 5.10. The van der Waals surface area contributed by atoms with E-state index in [1.807, 2.05) is 65.5 Å².